The molecule has 120 valence electrons. The Morgan fingerprint density at radius 1 is 1.27 bits per heavy atom. The highest BCUT2D eigenvalue weighted by Gasteiger charge is 2.26. The molecular formula is C15H19NO6. The summed E-state index contributed by atoms with van der Waals surface area (Å²) in [6.45, 7) is 2.24. The van der Waals surface area contributed by atoms with Gasteiger partial charge in [-0.3, -0.25) is 4.79 Å². The van der Waals surface area contributed by atoms with Crippen molar-refractivity contribution in [1.29, 1.82) is 0 Å². The zero-order valence-corrected chi connectivity index (χ0v) is 12.8. The zero-order chi connectivity index (χ0) is 16.1. The first kappa shape index (κ1) is 16.1. The Bertz CT molecular complexity index is 559. The lowest BCUT2D eigenvalue weighted by molar-refractivity contribution is 0.0631. The summed E-state index contributed by atoms with van der Waals surface area (Å²) in [6.07, 6.45) is -0.571. The summed E-state index contributed by atoms with van der Waals surface area (Å²) < 4.78 is 20.2. The molecule has 0 bridgehead atoms. The Kier molecular flexibility index (Phi) is 5.21. The van der Waals surface area contributed by atoms with Crippen LogP contribution in [-0.2, 0) is 9.47 Å². The van der Waals surface area contributed by atoms with Crippen molar-refractivity contribution in [3.8, 4) is 11.5 Å². The highest BCUT2D eigenvalue weighted by atomic mass is 16.7. The molecule has 0 fully saturated rings. The Hall–Kier alpha value is -2.28. The molecule has 7 heteroatoms. The van der Waals surface area contributed by atoms with Crippen LogP contribution in [0.4, 0.5) is 4.79 Å². The van der Waals surface area contributed by atoms with E-state index in [1.54, 1.807) is 25.1 Å². The molecule has 0 unspecified atom stereocenters. The number of carbonyl (C=O) groups excluding carboxylic acids is 2. The maximum Gasteiger partial charge on any atom is 0.410 e. The van der Waals surface area contributed by atoms with Gasteiger partial charge in [0, 0.05) is 19.7 Å². The third-order valence-electron chi connectivity index (χ3n) is 3.42. The predicted octanol–water partition coefficient (Wildman–Crippen LogP) is 1.70. The molecule has 22 heavy (non-hydrogen) atoms. The second kappa shape index (κ2) is 7.13. The van der Waals surface area contributed by atoms with Crippen molar-refractivity contribution in [2.75, 3.05) is 34.2 Å². The van der Waals surface area contributed by atoms with Gasteiger partial charge in [0.05, 0.1) is 12.6 Å². The Morgan fingerprint density at radius 2 is 2.00 bits per heavy atom. The second-order valence-corrected chi connectivity index (χ2v) is 4.83. The van der Waals surface area contributed by atoms with Crippen molar-refractivity contribution in [1.82, 2.24) is 4.90 Å². The lowest BCUT2D eigenvalue weighted by Crippen LogP contribution is -2.41. The number of methoxy groups -OCH3 is 1. The lowest BCUT2D eigenvalue weighted by atomic mass is 10.0. The quantitative estimate of drug-likeness (QED) is 0.588. The third-order valence-corrected chi connectivity index (χ3v) is 3.42. The average molecular weight is 309 g/mol. The van der Waals surface area contributed by atoms with E-state index in [1.165, 1.54) is 19.1 Å². The van der Waals surface area contributed by atoms with Gasteiger partial charge < -0.3 is 23.8 Å². The molecule has 1 amide bonds. The van der Waals surface area contributed by atoms with Gasteiger partial charge >= 0.3 is 6.09 Å². The maximum atomic E-state index is 12.4. The van der Waals surface area contributed by atoms with E-state index in [-0.39, 0.29) is 19.2 Å². The van der Waals surface area contributed by atoms with Crippen molar-refractivity contribution < 1.29 is 28.5 Å². The number of nitrogens with zero attached hydrogens (tertiary/aromatic N) is 1. The summed E-state index contributed by atoms with van der Waals surface area (Å²) in [7, 11) is 3.04. The summed E-state index contributed by atoms with van der Waals surface area (Å²) in [4.78, 5) is 25.5. The van der Waals surface area contributed by atoms with Crippen molar-refractivity contribution in [3.63, 3.8) is 0 Å². The van der Waals surface area contributed by atoms with Crippen LogP contribution < -0.4 is 9.47 Å². The number of carbonyl (C=O) groups is 2. The summed E-state index contributed by atoms with van der Waals surface area (Å²) in [5.74, 6) is 0.935. The topological polar surface area (TPSA) is 74.3 Å². The van der Waals surface area contributed by atoms with Gasteiger partial charge in [-0.25, -0.2) is 4.79 Å². The number of likely N-dealkylation sites (N-methyl/N-ethyl adjacent to an activating group) is 1. The smallest absolute Gasteiger partial charge is 0.410 e. The first-order valence-electron chi connectivity index (χ1n) is 6.87. The van der Waals surface area contributed by atoms with Crippen molar-refractivity contribution >= 4 is 11.9 Å². The van der Waals surface area contributed by atoms with Gasteiger partial charge in [0.2, 0.25) is 6.79 Å². The van der Waals surface area contributed by atoms with Gasteiger partial charge in [-0.05, 0) is 25.1 Å². The fraction of sp³-hybridized carbons (Fsp3) is 0.467. The van der Waals surface area contributed by atoms with Crippen LogP contribution in [0, 0.1) is 0 Å². The van der Waals surface area contributed by atoms with E-state index in [0.29, 0.717) is 23.7 Å². The van der Waals surface area contributed by atoms with Crippen LogP contribution in [-0.4, -0.2) is 57.0 Å². The number of fused-ring (bicyclic) bond motifs is 1. The third kappa shape index (κ3) is 3.48. The van der Waals surface area contributed by atoms with Crippen LogP contribution >= 0.6 is 0 Å². The van der Waals surface area contributed by atoms with E-state index in [9.17, 15) is 9.59 Å². The summed E-state index contributed by atoms with van der Waals surface area (Å²) in [5.41, 5.74) is 0.452. The second-order valence-electron chi connectivity index (χ2n) is 4.83. The number of rotatable bonds is 6. The van der Waals surface area contributed by atoms with Gasteiger partial charge in [0.15, 0.2) is 17.3 Å². The van der Waals surface area contributed by atoms with E-state index in [0.717, 1.165) is 0 Å². The minimum absolute atomic E-state index is 0.143. The normalized spacial score (nSPS) is 13.6. The molecule has 1 aromatic rings. The average Bonchev–Trinajstić information content (AvgIpc) is 3.00. The van der Waals surface area contributed by atoms with Crippen molar-refractivity contribution in [2.45, 2.75) is 13.0 Å². The predicted molar refractivity (Wildman–Crippen MR) is 77.3 cm³/mol. The fourth-order valence-corrected chi connectivity index (χ4v) is 1.94. The number of ether oxygens (including phenoxy) is 4. The largest absolute Gasteiger partial charge is 0.454 e. The van der Waals surface area contributed by atoms with E-state index >= 15 is 0 Å². The first-order valence-corrected chi connectivity index (χ1v) is 6.87. The van der Waals surface area contributed by atoms with Crippen LogP contribution in [0.25, 0.3) is 0 Å². The molecule has 0 saturated heterocycles. The van der Waals surface area contributed by atoms with E-state index in [1.807, 2.05) is 0 Å². The highest BCUT2D eigenvalue weighted by molar-refractivity contribution is 6.01. The van der Waals surface area contributed by atoms with Crippen LogP contribution in [0.1, 0.15) is 17.3 Å². The Morgan fingerprint density at radius 3 is 2.73 bits per heavy atom. The van der Waals surface area contributed by atoms with E-state index in [2.05, 4.69) is 0 Å². The Labute approximate surface area is 128 Å². The molecule has 1 heterocycles. The van der Waals surface area contributed by atoms with Crippen molar-refractivity contribution in [2.24, 2.45) is 0 Å². The molecular weight excluding hydrogens is 290 g/mol. The zero-order valence-electron chi connectivity index (χ0n) is 12.8. The summed E-state index contributed by atoms with van der Waals surface area (Å²) in [5, 5.41) is 0. The maximum absolute atomic E-state index is 12.4. The van der Waals surface area contributed by atoms with Gasteiger partial charge in [0.25, 0.3) is 0 Å². The molecule has 0 spiro atoms. The number of hydrogen-bond donors (Lipinski definition) is 0. The first-order chi connectivity index (χ1) is 10.5. The van der Waals surface area contributed by atoms with Crippen LogP contribution in [0.2, 0.25) is 0 Å². The van der Waals surface area contributed by atoms with E-state index in [4.69, 9.17) is 18.9 Å². The standard InChI is InChI=1S/C15H19NO6/c1-10(16(2)15(18)20-7-6-19-3)14(17)11-4-5-12-13(8-11)22-9-21-12/h4-5,8,10H,6-7,9H2,1-3H3/t10-/m0/s1. The number of Topliss-reactive ketones (excluding diaryl/α,β-unsaturated/α-hetero) is 1. The van der Waals surface area contributed by atoms with Crippen molar-refractivity contribution in [3.05, 3.63) is 23.8 Å². The van der Waals surface area contributed by atoms with Crippen LogP contribution in [0.15, 0.2) is 18.2 Å². The lowest BCUT2D eigenvalue weighted by Gasteiger charge is -2.23. The van der Waals surface area contributed by atoms with Gasteiger partial charge in [-0.15, -0.1) is 0 Å². The summed E-state index contributed by atoms with van der Waals surface area (Å²) in [6, 6.07) is 4.29. The number of ketones is 1. The molecule has 2 rings (SSSR count). The molecule has 1 aliphatic rings. The number of amides is 1. The molecule has 0 saturated carbocycles. The fourth-order valence-electron chi connectivity index (χ4n) is 1.94. The van der Waals surface area contributed by atoms with Gasteiger partial charge in [0.1, 0.15) is 6.61 Å². The molecule has 1 atom stereocenters. The minimum atomic E-state index is -0.657. The molecule has 7 nitrogen and oxygen atoms in total. The summed E-state index contributed by atoms with van der Waals surface area (Å²) >= 11 is 0. The van der Waals surface area contributed by atoms with Gasteiger partial charge in [-0.2, -0.15) is 0 Å². The Balaban J connectivity index is 2.00. The minimum Gasteiger partial charge on any atom is -0.454 e. The molecule has 0 N–H and O–H groups in total. The van der Waals surface area contributed by atoms with Gasteiger partial charge in [-0.1, -0.05) is 0 Å². The van der Waals surface area contributed by atoms with E-state index < -0.39 is 12.1 Å². The number of hydrogen-bond acceptors (Lipinski definition) is 6. The van der Waals surface area contributed by atoms with Crippen LogP contribution in [0.3, 0.4) is 0 Å². The SMILES string of the molecule is COCCOC(=O)N(C)[C@@H](C)C(=O)c1ccc2c(c1)OCO2. The monoisotopic (exact) mass is 309 g/mol. The molecule has 1 aromatic carbocycles. The molecule has 0 radical (unpaired) electrons. The molecule has 0 aromatic heterocycles. The highest BCUT2D eigenvalue weighted by Crippen LogP contribution is 2.32. The molecule has 0 aliphatic carbocycles. The molecule has 1 aliphatic heterocycles. The number of benzene rings is 1. The van der Waals surface area contributed by atoms with Crippen LogP contribution in [0.5, 0.6) is 11.5 Å².